The molecule has 13 nitrogen and oxygen atoms in total. The number of hydrogen-bond acceptors (Lipinski definition) is 8. The number of amides is 4. The quantitative estimate of drug-likeness (QED) is 0.126. The van der Waals surface area contributed by atoms with E-state index in [0.29, 0.717) is 22.6 Å². The van der Waals surface area contributed by atoms with E-state index in [2.05, 4.69) is 5.32 Å². The first-order chi connectivity index (χ1) is 20.4. The molecule has 0 aliphatic carbocycles. The number of aryl methyl sites for hydroxylation is 2. The van der Waals surface area contributed by atoms with E-state index in [1.165, 1.54) is 12.1 Å². The smallest absolute Gasteiger partial charge is 0.335 e. The number of hydrogen-bond donors (Lipinski definition) is 1. The monoisotopic (exact) mass is 581 g/mol. The molecule has 1 aromatic heterocycles. The van der Waals surface area contributed by atoms with Crippen LogP contribution in [0.1, 0.15) is 22.5 Å². The van der Waals surface area contributed by atoms with Gasteiger partial charge in [-0.1, -0.05) is 17.7 Å². The number of nitrogens with zero attached hydrogens (tertiary/aromatic N) is 4. The van der Waals surface area contributed by atoms with Gasteiger partial charge in [0.05, 0.1) is 21.6 Å². The predicted octanol–water partition coefficient (Wildman–Crippen LogP) is 5.68. The largest absolute Gasteiger partial charge is 0.450 e. The van der Waals surface area contributed by atoms with Crippen molar-refractivity contribution < 1.29 is 29.0 Å². The van der Waals surface area contributed by atoms with Crippen LogP contribution in [0.4, 0.5) is 21.9 Å². The molecule has 4 amide bonds. The number of aromatic nitrogens is 1. The second-order valence-electron chi connectivity index (χ2n) is 9.72. The van der Waals surface area contributed by atoms with Gasteiger partial charge >= 0.3 is 11.7 Å². The molecule has 1 N–H and O–H groups in total. The van der Waals surface area contributed by atoms with Crippen molar-refractivity contribution in [3.63, 3.8) is 0 Å². The highest BCUT2D eigenvalue weighted by atomic mass is 16.6. The van der Waals surface area contributed by atoms with Crippen molar-refractivity contribution in [2.75, 3.05) is 4.90 Å². The molecular weight excluding hydrogens is 558 g/mol. The maximum atomic E-state index is 13.3. The Kier molecular flexibility index (Phi) is 7.30. The number of nitro groups is 2. The Balaban J connectivity index is 1.43. The van der Waals surface area contributed by atoms with Gasteiger partial charge in [-0.05, 0) is 80.9 Å². The van der Waals surface area contributed by atoms with E-state index in [1.807, 2.05) is 18.4 Å². The van der Waals surface area contributed by atoms with Crippen LogP contribution >= 0.6 is 0 Å². The van der Waals surface area contributed by atoms with Crippen LogP contribution in [0.2, 0.25) is 0 Å². The molecule has 0 radical (unpaired) electrons. The Bertz CT molecular complexity index is 1860. The third-order valence-corrected chi connectivity index (χ3v) is 6.84. The SMILES string of the molecule is Cc1ccc(N2C(=O)NC(=O)/C(=C\c3cc(C)n(-c4ccc(Oc5ccc([N+](=O)[O-])cc5[N+](=O)[O-])cc4)c3C)C2=O)cc1. The number of nitro benzene ring substituents is 2. The van der Waals surface area contributed by atoms with E-state index in [-0.39, 0.29) is 17.1 Å². The average Bonchev–Trinajstić information content (AvgIpc) is 3.24. The molecule has 1 saturated heterocycles. The maximum Gasteiger partial charge on any atom is 0.335 e. The van der Waals surface area contributed by atoms with Gasteiger partial charge in [0.15, 0.2) is 0 Å². The predicted molar refractivity (Wildman–Crippen MR) is 155 cm³/mol. The Morgan fingerprint density at radius 2 is 1.47 bits per heavy atom. The second kappa shape index (κ2) is 11.0. The summed E-state index contributed by atoms with van der Waals surface area (Å²) >= 11 is 0. The fourth-order valence-corrected chi connectivity index (χ4v) is 4.71. The molecule has 0 saturated carbocycles. The molecule has 0 bridgehead atoms. The number of ether oxygens (including phenoxy) is 1. The van der Waals surface area contributed by atoms with Crippen molar-refractivity contribution in [1.82, 2.24) is 9.88 Å². The van der Waals surface area contributed by atoms with Gasteiger partial charge < -0.3 is 9.30 Å². The van der Waals surface area contributed by atoms with Gasteiger partial charge in [-0.3, -0.25) is 35.1 Å². The molecule has 13 heteroatoms. The maximum absolute atomic E-state index is 13.3. The number of carbonyl (C=O) groups is 3. The lowest BCUT2D eigenvalue weighted by molar-refractivity contribution is -0.394. The first-order valence-corrected chi connectivity index (χ1v) is 12.8. The number of anilines is 1. The molecule has 3 aromatic carbocycles. The normalized spacial score (nSPS) is 14.2. The first kappa shape index (κ1) is 28.4. The summed E-state index contributed by atoms with van der Waals surface area (Å²) in [5, 5.41) is 24.7. The highest BCUT2D eigenvalue weighted by molar-refractivity contribution is 6.39. The number of nitrogens with one attached hydrogen (secondary N) is 1. The van der Waals surface area contributed by atoms with E-state index in [0.717, 1.165) is 28.3 Å². The lowest BCUT2D eigenvalue weighted by Gasteiger charge is -2.26. The number of imide groups is 2. The van der Waals surface area contributed by atoms with Crippen molar-refractivity contribution in [2.24, 2.45) is 0 Å². The van der Waals surface area contributed by atoms with Crippen LogP contribution in [-0.2, 0) is 9.59 Å². The number of urea groups is 1. The van der Waals surface area contributed by atoms with Gasteiger partial charge in [0.25, 0.3) is 17.5 Å². The fourth-order valence-electron chi connectivity index (χ4n) is 4.71. The van der Waals surface area contributed by atoms with Crippen LogP contribution in [0.15, 0.2) is 78.4 Å². The molecule has 5 rings (SSSR count). The number of barbiturate groups is 1. The van der Waals surface area contributed by atoms with Crippen molar-refractivity contribution in [3.8, 4) is 17.2 Å². The lowest BCUT2D eigenvalue weighted by Crippen LogP contribution is -2.54. The van der Waals surface area contributed by atoms with Crippen LogP contribution in [0.25, 0.3) is 11.8 Å². The van der Waals surface area contributed by atoms with Gasteiger partial charge in [-0.25, -0.2) is 9.69 Å². The van der Waals surface area contributed by atoms with Gasteiger partial charge in [-0.15, -0.1) is 0 Å². The van der Waals surface area contributed by atoms with E-state index < -0.39 is 39.1 Å². The molecule has 2 heterocycles. The Morgan fingerprint density at radius 1 is 0.814 bits per heavy atom. The van der Waals surface area contributed by atoms with Crippen LogP contribution < -0.4 is 15.0 Å². The van der Waals surface area contributed by atoms with Gasteiger partial charge in [0.1, 0.15) is 11.3 Å². The van der Waals surface area contributed by atoms with Crippen molar-refractivity contribution in [3.05, 3.63) is 121 Å². The zero-order valence-corrected chi connectivity index (χ0v) is 23.1. The minimum Gasteiger partial charge on any atom is -0.450 e. The highest BCUT2D eigenvalue weighted by Gasteiger charge is 2.37. The molecule has 43 heavy (non-hydrogen) atoms. The third-order valence-electron chi connectivity index (χ3n) is 6.84. The summed E-state index contributed by atoms with van der Waals surface area (Å²) in [6, 6.07) is 17.4. The third kappa shape index (κ3) is 5.46. The summed E-state index contributed by atoms with van der Waals surface area (Å²) in [4.78, 5) is 60.4. The molecule has 4 aromatic rings. The number of rotatable bonds is 7. The number of benzene rings is 3. The van der Waals surface area contributed by atoms with Crippen molar-refractivity contribution in [1.29, 1.82) is 0 Å². The molecule has 0 atom stereocenters. The first-order valence-electron chi connectivity index (χ1n) is 12.8. The minimum absolute atomic E-state index is 0.154. The molecule has 216 valence electrons. The van der Waals surface area contributed by atoms with E-state index in [9.17, 15) is 34.6 Å². The fraction of sp³-hybridized carbons (Fsp3) is 0.100. The minimum atomic E-state index is -0.831. The van der Waals surface area contributed by atoms with Crippen molar-refractivity contribution in [2.45, 2.75) is 20.8 Å². The Morgan fingerprint density at radius 3 is 2.09 bits per heavy atom. The Labute approximate surface area is 243 Å². The van der Waals surface area contributed by atoms with E-state index in [4.69, 9.17) is 4.74 Å². The van der Waals surface area contributed by atoms with Gasteiger partial charge in [0.2, 0.25) is 5.75 Å². The van der Waals surface area contributed by atoms with Crippen LogP contribution in [-0.4, -0.2) is 32.3 Å². The van der Waals surface area contributed by atoms with Gasteiger partial charge in [-0.2, -0.15) is 0 Å². The lowest BCUT2D eigenvalue weighted by atomic mass is 10.1. The summed E-state index contributed by atoms with van der Waals surface area (Å²) in [6.45, 7) is 5.51. The van der Waals surface area contributed by atoms with Crippen LogP contribution in [0.5, 0.6) is 11.5 Å². The zero-order valence-electron chi connectivity index (χ0n) is 23.1. The summed E-state index contributed by atoms with van der Waals surface area (Å²) < 4.78 is 7.52. The summed E-state index contributed by atoms with van der Waals surface area (Å²) in [7, 11) is 0. The number of non-ortho nitro benzene ring substituents is 1. The molecule has 1 aliphatic heterocycles. The molecule has 0 unspecified atom stereocenters. The van der Waals surface area contributed by atoms with Crippen LogP contribution in [0, 0.1) is 41.0 Å². The zero-order chi connectivity index (χ0) is 31.0. The summed E-state index contributed by atoms with van der Waals surface area (Å²) in [5.74, 6) is -1.44. The van der Waals surface area contributed by atoms with E-state index >= 15 is 0 Å². The van der Waals surface area contributed by atoms with Crippen molar-refractivity contribution >= 4 is 41.0 Å². The topological polar surface area (TPSA) is 167 Å². The molecule has 1 aliphatic rings. The van der Waals surface area contributed by atoms with Gasteiger partial charge in [0, 0.05) is 23.1 Å². The number of carbonyl (C=O) groups excluding carboxylic acids is 3. The van der Waals surface area contributed by atoms with Crippen LogP contribution in [0.3, 0.4) is 0 Å². The summed E-state index contributed by atoms with van der Waals surface area (Å²) in [5.41, 5.74) is 2.85. The second-order valence-corrected chi connectivity index (χ2v) is 9.72. The van der Waals surface area contributed by atoms with E-state index in [1.54, 1.807) is 61.5 Å². The molecular formula is C30H23N5O8. The Hall–Kier alpha value is -6.11. The molecule has 1 fully saturated rings. The highest BCUT2D eigenvalue weighted by Crippen LogP contribution is 2.35. The summed E-state index contributed by atoms with van der Waals surface area (Å²) in [6.07, 6.45) is 1.44. The molecule has 0 spiro atoms. The average molecular weight is 582 g/mol. The standard InChI is InChI=1S/C30H23N5O8/c1-17-4-6-22(7-5-17)33-29(37)25(28(36)31-30(33)38)15-20-14-18(2)32(19(20)3)21-8-11-24(12-9-21)43-27-13-10-23(34(39)40)16-26(27)35(41)42/h4-16H,1-3H3,(H,31,36,38)/b25-15+.